The molecule has 1 aromatic carbocycles. The summed E-state index contributed by atoms with van der Waals surface area (Å²) in [7, 11) is 0. The van der Waals surface area contributed by atoms with E-state index in [4.69, 9.17) is 0 Å². The predicted molar refractivity (Wildman–Crippen MR) is 107 cm³/mol. The average molecular weight is 372 g/mol. The van der Waals surface area contributed by atoms with Crippen LogP contribution in [0.15, 0.2) is 36.4 Å². The number of unbranched alkanes of at least 4 members (excludes halogenated alkanes) is 2. The van der Waals surface area contributed by atoms with Crippen molar-refractivity contribution in [2.24, 2.45) is 5.92 Å². The fourth-order valence-corrected chi connectivity index (χ4v) is 4.31. The summed E-state index contributed by atoms with van der Waals surface area (Å²) in [5.74, 6) is -0.0926. The van der Waals surface area contributed by atoms with Crippen molar-refractivity contribution in [2.45, 2.75) is 77.0 Å². The highest BCUT2D eigenvalue weighted by molar-refractivity contribution is 5.26. The van der Waals surface area contributed by atoms with Crippen LogP contribution in [0, 0.1) is 17.8 Å². The van der Waals surface area contributed by atoms with E-state index in [9.17, 15) is 8.78 Å². The Bertz CT molecular complexity index is 703. The number of hydrogen-bond donors (Lipinski definition) is 0. The Morgan fingerprint density at radius 1 is 0.889 bits per heavy atom. The fourth-order valence-electron chi connectivity index (χ4n) is 4.31. The highest BCUT2D eigenvalue weighted by Gasteiger charge is 2.22. The van der Waals surface area contributed by atoms with E-state index >= 15 is 0 Å². The molecule has 0 radical (unpaired) electrons. The third-order valence-corrected chi connectivity index (χ3v) is 6.08. The number of halogens is 2. The van der Waals surface area contributed by atoms with E-state index in [0.717, 1.165) is 6.42 Å². The van der Waals surface area contributed by atoms with Crippen LogP contribution in [0.25, 0.3) is 0 Å². The maximum absolute atomic E-state index is 13.7. The van der Waals surface area contributed by atoms with Crippen LogP contribution in [0.4, 0.5) is 8.78 Å². The van der Waals surface area contributed by atoms with Crippen LogP contribution in [0.1, 0.15) is 80.9 Å². The van der Waals surface area contributed by atoms with Gasteiger partial charge in [-0.3, -0.25) is 0 Å². The first-order valence-electron chi connectivity index (χ1n) is 10.6. The van der Waals surface area contributed by atoms with Crippen LogP contribution >= 0.6 is 0 Å². The number of pyridine rings is 1. The zero-order valence-electron chi connectivity index (χ0n) is 16.4. The van der Waals surface area contributed by atoms with Gasteiger partial charge in [-0.25, -0.2) is 0 Å². The summed E-state index contributed by atoms with van der Waals surface area (Å²) in [6.45, 7) is 2.24. The van der Waals surface area contributed by atoms with Gasteiger partial charge in [0.05, 0.1) is 0 Å². The molecule has 0 bridgehead atoms. The van der Waals surface area contributed by atoms with Gasteiger partial charge in [0.15, 0.2) is 0 Å². The summed E-state index contributed by atoms with van der Waals surface area (Å²) in [5.41, 5.74) is 3.47. The number of benzene rings is 1. The summed E-state index contributed by atoms with van der Waals surface area (Å²) in [6.07, 6.45) is 11.5. The number of hydrogen-bond acceptors (Lipinski definition) is 1. The van der Waals surface area contributed by atoms with E-state index < -0.39 is 11.9 Å². The van der Waals surface area contributed by atoms with Crippen LogP contribution in [0.5, 0.6) is 0 Å². The van der Waals surface area contributed by atoms with Crippen molar-refractivity contribution in [3.05, 3.63) is 65.0 Å². The molecule has 1 aliphatic carbocycles. The second-order valence-corrected chi connectivity index (χ2v) is 8.04. The molecule has 1 aliphatic rings. The van der Waals surface area contributed by atoms with Gasteiger partial charge in [-0.15, -0.1) is 0 Å². The second kappa shape index (κ2) is 9.96. The van der Waals surface area contributed by atoms with E-state index in [1.165, 1.54) is 74.6 Å². The van der Waals surface area contributed by atoms with Crippen molar-refractivity contribution < 1.29 is 8.78 Å². The lowest BCUT2D eigenvalue weighted by molar-refractivity contribution is 0.309. The van der Waals surface area contributed by atoms with E-state index in [2.05, 4.69) is 36.2 Å². The van der Waals surface area contributed by atoms with E-state index in [-0.39, 0.29) is 0 Å². The molecule has 1 heterocycles. The molecule has 1 nitrogen and oxygen atoms in total. The van der Waals surface area contributed by atoms with Gasteiger partial charge in [0.2, 0.25) is 11.9 Å². The van der Waals surface area contributed by atoms with Gasteiger partial charge in [-0.2, -0.15) is 13.8 Å². The molecule has 0 aliphatic heterocycles. The minimum Gasteiger partial charge on any atom is -0.190 e. The molecule has 1 fully saturated rings. The quantitative estimate of drug-likeness (QED) is 0.359. The van der Waals surface area contributed by atoms with Crippen molar-refractivity contribution in [1.29, 1.82) is 0 Å². The van der Waals surface area contributed by atoms with Gasteiger partial charge in [-0.05, 0) is 86.5 Å². The number of aromatic nitrogens is 1. The molecule has 0 N–H and O–H groups in total. The first-order valence-corrected chi connectivity index (χ1v) is 10.6. The molecular formula is C24H31F2N. The van der Waals surface area contributed by atoms with Gasteiger partial charge < -0.3 is 0 Å². The van der Waals surface area contributed by atoms with Crippen LogP contribution in [-0.4, -0.2) is 4.98 Å². The van der Waals surface area contributed by atoms with Crippen LogP contribution in [-0.2, 0) is 12.8 Å². The Kier molecular flexibility index (Phi) is 7.37. The number of nitrogens with zero attached hydrogens (tertiary/aromatic N) is 1. The summed E-state index contributed by atoms with van der Waals surface area (Å²) in [6, 6.07) is 12.0. The van der Waals surface area contributed by atoms with E-state index in [1.54, 1.807) is 0 Å². The lowest BCUT2D eigenvalue weighted by Gasteiger charge is -2.29. The number of aryl methyl sites for hydroxylation is 2. The second-order valence-electron chi connectivity index (χ2n) is 8.04. The third kappa shape index (κ3) is 5.85. The molecule has 0 amide bonds. The van der Waals surface area contributed by atoms with Crippen LogP contribution in [0.3, 0.4) is 0 Å². The normalized spacial score (nSPS) is 20.0. The Labute approximate surface area is 162 Å². The Balaban J connectivity index is 1.44. The maximum Gasteiger partial charge on any atom is 0.218 e. The van der Waals surface area contributed by atoms with Gasteiger partial charge in [0, 0.05) is 5.56 Å². The van der Waals surface area contributed by atoms with Crippen molar-refractivity contribution in [3.63, 3.8) is 0 Å². The maximum atomic E-state index is 13.7. The molecule has 0 unspecified atom stereocenters. The topological polar surface area (TPSA) is 12.9 Å². The lowest BCUT2D eigenvalue weighted by Crippen LogP contribution is -2.14. The van der Waals surface area contributed by atoms with Crippen molar-refractivity contribution in [1.82, 2.24) is 4.98 Å². The molecule has 3 heteroatoms. The molecule has 1 aromatic heterocycles. The fraction of sp³-hybridized carbons (Fsp3) is 0.542. The molecule has 27 heavy (non-hydrogen) atoms. The molecule has 146 valence electrons. The highest BCUT2D eigenvalue weighted by atomic mass is 19.1. The zero-order valence-corrected chi connectivity index (χ0v) is 16.4. The van der Waals surface area contributed by atoms with Gasteiger partial charge in [0.1, 0.15) is 0 Å². The standard InChI is InChI=1S/C24H31F2N/c1-2-3-4-5-18-6-11-20(12-7-18)21-13-8-19(9-14-21)10-15-22-16-17-23(25)27-24(22)26/h6-7,11-12,16-17,19,21H,2-5,8-10,13-15H2,1H3/t19-,21-. The predicted octanol–water partition coefficient (Wildman–Crippen LogP) is 7.00. The minimum atomic E-state index is -0.742. The molecular weight excluding hydrogens is 340 g/mol. The Morgan fingerprint density at radius 2 is 1.63 bits per heavy atom. The summed E-state index contributed by atoms with van der Waals surface area (Å²) in [4.78, 5) is 3.29. The van der Waals surface area contributed by atoms with Crippen LogP contribution in [0.2, 0.25) is 0 Å². The Hall–Kier alpha value is -1.77. The van der Waals surface area contributed by atoms with Crippen molar-refractivity contribution in [2.75, 3.05) is 0 Å². The van der Waals surface area contributed by atoms with E-state index in [1.807, 2.05) is 0 Å². The van der Waals surface area contributed by atoms with Crippen molar-refractivity contribution in [3.8, 4) is 0 Å². The zero-order chi connectivity index (χ0) is 19.1. The first kappa shape index (κ1) is 20.0. The molecule has 3 rings (SSSR count). The summed E-state index contributed by atoms with van der Waals surface area (Å²) in [5, 5.41) is 0. The Morgan fingerprint density at radius 3 is 2.30 bits per heavy atom. The van der Waals surface area contributed by atoms with E-state index in [0.29, 0.717) is 23.8 Å². The number of rotatable bonds is 8. The van der Waals surface area contributed by atoms with Gasteiger partial charge >= 0.3 is 0 Å². The first-order chi connectivity index (χ1) is 13.2. The molecule has 0 atom stereocenters. The molecule has 2 aromatic rings. The largest absolute Gasteiger partial charge is 0.218 e. The third-order valence-electron chi connectivity index (χ3n) is 6.08. The molecule has 1 saturated carbocycles. The van der Waals surface area contributed by atoms with Crippen LogP contribution < -0.4 is 0 Å². The SMILES string of the molecule is CCCCCc1ccc([C@H]2CC[C@H](CCc3ccc(F)nc3F)CC2)cc1. The van der Waals surface area contributed by atoms with Gasteiger partial charge in [-0.1, -0.05) is 44.0 Å². The highest BCUT2D eigenvalue weighted by Crippen LogP contribution is 2.37. The minimum absolute atomic E-state index is 0.539. The summed E-state index contributed by atoms with van der Waals surface area (Å²) >= 11 is 0. The average Bonchev–Trinajstić information content (AvgIpc) is 2.69. The molecule has 0 saturated heterocycles. The summed E-state index contributed by atoms with van der Waals surface area (Å²) < 4.78 is 26.6. The molecule has 0 spiro atoms. The smallest absolute Gasteiger partial charge is 0.190 e. The van der Waals surface area contributed by atoms with Crippen molar-refractivity contribution >= 4 is 0 Å². The van der Waals surface area contributed by atoms with Gasteiger partial charge in [0.25, 0.3) is 0 Å². The lowest BCUT2D eigenvalue weighted by atomic mass is 9.77. The monoisotopic (exact) mass is 371 g/mol.